The van der Waals surface area contributed by atoms with E-state index in [0.717, 1.165) is 5.39 Å². The average molecular weight is 523 g/mol. The third-order valence-electron chi connectivity index (χ3n) is 5.96. The van der Waals surface area contributed by atoms with Crippen molar-refractivity contribution < 1.29 is 32.3 Å². The van der Waals surface area contributed by atoms with E-state index in [4.69, 9.17) is 15.6 Å². The van der Waals surface area contributed by atoms with Gasteiger partial charge in [0, 0.05) is 24.2 Å². The van der Waals surface area contributed by atoms with Gasteiger partial charge < -0.3 is 21.1 Å². The minimum atomic E-state index is -5.08. The van der Waals surface area contributed by atoms with Crippen molar-refractivity contribution in [1.82, 2.24) is 30.0 Å². The lowest BCUT2D eigenvalue weighted by Crippen LogP contribution is -2.62. The van der Waals surface area contributed by atoms with Gasteiger partial charge in [-0.05, 0) is 45.9 Å². The van der Waals surface area contributed by atoms with Gasteiger partial charge in [-0.25, -0.2) is 19.2 Å². The first-order valence-corrected chi connectivity index (χ1v) is 10.8. The molecule has 4 aromatic rings. The highest BCUT2D eigenvalue weighted by Crippen LogP contribution is 2.28. The zero-order chi connectivity index (χ0) is 27.9. The van der Waals surface area contributed by atoms with Gasteiger partial charge in [0.15, 0.2) is 5.65 Å². The molecule has 4 rings (SSSR count). The Hall–Kier alpha value is -4.07. The molecule has 0 fully saturated rings. The number of hydrogen-bond acceptors (Lipinski definition) is 6. The monoisotopic (exact) mass is 523 g/mol. The van der Waals surface area contributed by atoms with E-state index >= 15 is 0 Å². The number of nitrogens with one attached hydrogen (secondary N) is 2. The molecule has 0 atom stereocenters. The Morgan fingerprint density at radius 3 is 2.35 bits per heavy atom. The third kappa shape index (κ3) is 5.69. The van der Waals surface area contributed by atoms with Crippen molar-refractivity contribution in [3.63, 3.8) is 0 Å². The minimum absolute atomic E-state index is 0.302. The number of aromatic nitrogens is 5. The second-order valence-corrected chi connectivity index (χ2v) is 9.39. The number of nitrogens with two attached hydrogens (primary N) is 1. The van der Waals surface area contributed by atoms with Crippen LogP contribution < -0.4 is 11.1 Å². The number of carboxylic acids is 1. The highest BCUT2D eigenvalue weighted by Gasteiger charge is 2.38. The number of rotatable bonds is 4. The molecule has 3 heterocycles. The van der Waals surface area contributed by atoms with E-state index in [-0.39, 0.29) is 11.7 Å². The summed E-state index contributed by atoms with van der Waals surface area (Å²) in [6.07, 6.45) is -1.92. The lowest BCUT2D eigenvalue weighted by atomic mass is 9.83. The van der Waals surface area contributed by atoms with Crippen LogP contribution in [0.1, 0.15) is 38.1 Å². The quantitative estimate of drug-likeness (QED) is 0.299. The lowest BCUT2D eigenvalue weighted by molar-refractivity contribution is -0.192. The van der Waals surface area contributed by atoms with Crippen LogP contribution in [0.3, 0.4) is 0 Å². The van der Waals surface area contributed by atoms with Crippen LogP contribution in [0, 0.1) is 5.82 Å². The molecule has 198 valence electrons. The molecular formula is C23H25F4N7O3. The largest absolute Gasteiger partial charge is 0.490 e. The molecule has 0 saturated carbocycles. The number of H-pyrrole nitrogens is 1. The highest BCUT2D eigenvalue weighted by atomic mass is 19.4. The van der Waals surface area contributed by atoms with Crippen LogP contribution in [0.5, 0.6) is 0 Å². The number of aromatic amines is 1. The summed E-state index contributed by atoms with van der Waals surface area (Å²) in [6, 6.07) is 4.46. The predicted octanol–water partition coefficient (Wildman–Crippen LogP) is 3.53. The van der Waals surface area contributed by atoms with Crippen LogP contribution >= 0.6 is 0 Å². The van der Waals surface area contributed by atoms with Gasteiger partial charge >= 0.3 is 12.1 Å². The lowest BCUT2D eigenvalue weighted by Gasteiger charge is -2.39. The van der Waals surface area contributed by atoms with E-state index in [1.54, 1.807) is 30.2 Å². The van der Waals surface area contributed by atoms with Gasteiger partial charge in [0.25, 0.3) is 5.91 Å². The molecule has 0 aliphatic carbocycles. The number of nitrogens with zero attached hydrogens (tertiary/aromatic N) is 4. The number of hydrogen-bond donors (Lipinski definition) is 4. The normalized spacial score (nSPS) is 12.4. The van der Waals surface area contributed by atoms with E-state index in [2.05, 4.69) is 25.4 Å². The standard InChI is InChI=1S/C21H24FN7O.C2HF3O2/c1-20(2,23)21(3,4)27-19(30)13-9-24-18-17(13)26-14(10-25-18)16-12-7-6-11(22)8-15(12)29(5)28-16;3-2(4,5)1(6)7/h6-10H,23H2,1-5H3,(H,24,25)(H,27,30);(H,6,7). The first-order valence-electron chi connectivity index (χ1n) is 10.8. The van der Waals surface area contributed by atoms with Crippen LogP contribution in [0.15, 0.2) is 30.6 Å². The average Bonchev–Trinajstić information content (AvgIpc) is 3.33. The smallest absolute Gasteiger partial charge is 0.475 e. The van der Waals surface area contributed by atoms with Crippen molar-refractivity contribution >= 4 is 33.9 Å². The van der Waals surface area contributed by atoms with Gasteiger partial charge in [-0.3, -0.25) is 9.48 Å². The van der Waals surface area contributed by atoms with Gasteiger partial charge in [-0.1, -0.05) is 0 Å². The van der Waals surface area contributed by atoms with Crippen LogP contribution in [-0.4, -0.2) is 59.0 Å². The number of aryl methyl sites for hydroxylation is 1. The molecule has 1 aromatic carbocycles. The SMILES string of the molecule is Cn1nc(-c2cnc3[nH]cc(C(=O)NC(C)(C)C(C)(C)N)c3n2)c2ccc(F)cc21.O=C(O)C(F)(F)F. The summed E-state index contributed by atoms with van der Waals surface area (Å²) in [4.78, 5) is 33.9. The van der Waals surface area contributed by atoms with Crippen molar-refractivity contribution in [3.05, 3.63) is 42.0 Å². The summed E-state index contributed by atoms with van der Waals surface area (Å²) in [5.41, 5.74) is 7.90. The predicted molar refractivity (Wildman–Crippen MR) is 127 cm³/mol. The molecule has 3 aromatic heterocycles. The zero-order valence-electron chi connectivity index (χ0n) is 20.5. The van der Waals surface area contributed by atoms with E-state index in [1.807, 2.05) is 27.7 Å². The van der Waals surface area contributed by atoms with Crippen molar-refractivity contribution in [2.45, 2.75) is 44.9 Å². The number of benzene rings is 1. The maximum atomic E-state index is 13.6. The number of halogens is 4. The number of carboxylic acid groups (broad SMARTS) is 1. The Labute approximate surface area is 207 Å². The molecule has 1 amide bonds. The summed E-state index contributed by atoms with van der Waals surface area (Å²) in [5.74, 6) is -3.40. The van der Waals surface area contributed by atoms with Gasteiger partial charge in [0.2, 0.25) is 0 Å². The van der Waals surface area contributed by atoms with E-state index in [0.29, 0.717) is 33.6 Å². The maximum absolute atomic E-state index is 13.6. The minimum Gasteiger partial charge on any atom is -0.475 e. The van der Waals surface area contributed by atoms with Crippen LogP contribution in [0.4, 0.5) is 17.6 Å². The number of alkyl halides is 3. The summed E-state index contributed by atoms with van der Waals surface area (Å²) in [6.45, 7) is 7.46. The first kappa shape index (κ1) is 27.5. The van der Waals surface area contributed by atoms with E-state index in [1.165, 1.54) is 12.1 Å². The number of carbonyl (C=O) groups is 2. The molecule has 5 N–H and O–H groups in total. The van der Waals surface area contributed by atoms with Gasteiger partial charge in [0.1, 0.15) is 22.7 Å². The maximum Gasteiger partial charge on any atom is 0.490 e. The van der Waals surface area contributed by atoms with Crippen molar-refractivity contribution in [1.29, 1.82) is 0 Å². The van der Waals surface area contributed by atoms with Crippen LogP contribution in [-0.2, 0) is 11.8 Å². The van der Waals surface area contributed by atoms with Gasteiger partial charge in [0.05, 0.1) is 22.8 Å². The Morgan fingerprint density at radius 2 is 1.78 bits per heavy atom. The Bertz CT molecular complexity index is 1480. The molecule has 0 aliphatic rings. The molecule has 14 heteroatoms. The number of carbonyl (C=O) groups excluding carboxylic acids is 1. The summed E-state index contributed by atoms with van der Waals surface area (Å²) in [5, 5.41) is 15.3. The molecule has 0 saturated heterocycles. The molecule has 0 aliphatic heterocycles. The third-order valence-corrected chi connectivity index (χ3v) is 5.96. The Kier molecular flexibility index (Phi) is 7.01. The number of aliphatic carboxylic acids is 1. The zero-order valence-corrected chi connectivity index (χ0v) is 20.5. The second-order valence-electron chi connectivity index (χ2n) is 9.39. The summed E-state index contributed by atoms with van der Waals surface area (Å²) >= 11 is 0. The molecule has 0 unspecified atom stereocenters. The number of fused-ring (bicyclic) bond motifs is 2. The Balaban J connectivity index is 0.000000479. The molecule has 0 radical (unpaired) electrons. The molecular weight excluding hydrogens is 498 g/mol. The van der Waals surface area contributed by atoms with Gasteiger partial charge in [-0.2, -0.15) is 18.3 Å². The van der Waals surface area contributed by atoms with Crippen LogP contribution in [0.2, 0.25) is 0 Å². The van der Waals surface area contributed by atoms with E-state index < -0.39 is 23.2 Å². The first-order chi connectivity index (χ1) is 16.9. The fourth-order valence-electron chi connectivity index (χ4n) is 3.11. The highest BCUT2D eigenvalue weighted by molar-refractivity contribution is 6.05. The molecule has 10 nitrogen and oxygen atoms in total. The summed E-state index contributed by atoms with van der Waals surface area (Å²) in [7, 11) is 1.74. The number of amides is 1. The molecule has 0 bridgehead atoms. The van der Waals surface area contributed by atoms with Crippen molar-refractivity contribution in [2.24, 2.45) is 12.8 Å². The fourth-order valence-corrected chi connectivity index (χ4v) is 3.11. The van der Waals surface area contributed by atoms with Crippen molar-refractivity contribution in [3.8, 4) is 11.4 Å². The molecule has 0 spiro atoms. The van der Waals surface area contributed by atoms with E-state index in [9.17, 15) is 22.4 Å². The Morgan fingerprint density at radius 1 is 1.16 bits per heavy atom. The molecule has 37 heavy (non-hydrogen) atoms. The summed E-state index contributed by atoms with van der Waals surface area (Å²) < 4.78 is 47.0. The fraction of sp³-hybridized carbons (Fsp3) is 0.348. The topological polar surface area (TPSA) is 152 Å². The van der Waals surface area contributed by atoms with Crippen LogP contribution in [0.25, 0.3) is 33.5 Å². The van der Waals surface area contributed by atoms with Gasteiger partial charge in [-0.15, -0.1) is 0 Å². The second kappa shape index (κ2) is 9.42. The van der Waals surface area contributed by atoms with Crippen molar-refractivity contribution in [2.75, 3.05) is 0 Å².